The average molecular weight is 449 g/mol. The third kappa shape index (κ3) is 2.75. The van der Waals surface area contributed by atoms with Gasteiger partial charge in [0.2, 0.25) is 0 Å². The molecule has 0 aromatic carbocycles. The van der Waals surface area contributed by atoms with Crippen molar-refractivity contribution in [1.29, 1.82) is 0 Å². The Labute approximate surface area is 193 Å². The summed E-state index contributed by atoms with van der Waals surface area (Å²) in [6.45, 7) is 9.98. The van der Waals surface area contributed by atoms with Gasteiger partial charge in [-0.2, -0.15) is 0 Å². The minimum atomic E-state index is -0.824. The summed E-state index contributed by atoms with van der Waals surface area (Å²) in [4.78, 5) is 0. The Balaban J connectivity index is 1.29. The van der Waals surface area contributed by atoms with Crippen LogP contribution in [0.4, 0.5) is 0 Å². The zero-order valence-electron chi connectivity index (χ0n) is 20.4. The number of aliphatic hydroxyl groups excluding tert-OH is 3. The van der Waals surface area contributed by atoms with Crippen LogP contribution in [0.2, 0.25) is 0 Å². The smallest absolute Gasteiger partial charge is 0.197 e. The fraction of sp³-hybridized carbons (Fsp3) is 1.00. The number of rotatable bonds is 0. The molecule has 5 heteroatoms. The first kappa shape index (κ1) is 22.3. The van der Waals surface area contributed by atoms with Gasteiger partial charge < -0.3 is 24.8 Å². The van der Waals surface area contributed by atoms with E-state index in [1.165, 1.54) is 12.8 Å². The molecule has 6 aliphatic rings. The van der Waals surface area contributed by atoms with Crippen molar-refractivity contribution in [1.82, 2.24) is 0 Å². The molecule has 3 N–H and O–H groups in total. The molecule has 32 heavy (non-hydrogen) atoms. The first-order valence-electron chi connectivity index (χ1n) is 13.5. The summed E-state index contributed by atoms with van der Waals surface area (Å²) >= 11 is 0. The Kier molecular flexibility index (Phi) is 4.99. The summed E-state index contributed by atoms with van der Waals surface area (Å²) in [7, 11) is 0. The molecule has 5 nitrogen and oxygen atoms in total. The number of ether oxygens (including phenoxy) is 2. The second-order valence-electron chi connectivity index (χ2n) is 13.4. The normalized spacial score (nSPS) is 64.0. The van der Waals surface area contributed by atoms with Crippen LogP contribution in [0, 0.1) is 52.3 Å². The van der Waals surface area contributed by atoms with Crippen LogP contribution in [0.15, 0.2) is 0 Å². The van der Waals surface area contributed by atoms with E-state index in [0.29, 0.717) is 36.2 Å². The molecule has 0 aromatic rings. The lowest BCUT2D eigenvalue weighted by Gasteiger charge is -2.62. The summed E-state index contributed by atoms with van der Waals surface area (Å²) in [6.07, 6.45) is 6.86. The molecular weight excluding hydrogens is 404 g/mol. The molecule has 6 rings (SSSR count). The van der Waals surface area contributed by atoms with E-state index in [0.717, 1.165) is 38.5 Å². The molecule has 2 aliphatic heterocycles. The van der Waals surface area contributed by atoms with Gasteiger partial charge in [-0.05, 0) is 97.7 Å². The van der Waals surface area contributed by atoms with Crippen LogP contribution in [0.1, 0.15) is 79.1 Å². The second-order valence-corrected chi connectivity index (χ2v) is 13.4. The van der Waals surface area contributed by atoms with Crippen molar-refractivity contribution in [3.63, 3.8) is 0 Å². The molecule has 0 aromatic heterocycles. The van der Waals surface area contributed by atoms with Crippen LogP contribution >= 0.6 is 0 Å². The van der Waals surface area contributed by atoms with E-state index >= 15 is 0 Å². The van der Waals surface area contributed by atoms with Gasteiger partial charge in [-0.1, -0.05) is 27.7 Å². The van der Waals surface area contributed by atoms with Crippen LogP contribution in [0.3, 0.4) is 0 Å². The minimum absolute atomic E-state index is 0.146. The molecule has 4 aliphatic carbocycles. The van der Waals surface area contributed by atoms with Crippen molar-refractivity contribution >= 4 is 0 Å². The highest BCUT2D eigenvalue weighted by atomic mass is 16.7. The first-order valence-corrected chi connectivity index (χ1v) is 13.5. The summed E-state index contributed by atoms with van der Waals surface area (Å²) in [5, 5.41) is 32.6. The van der Waals surface area contributed by atoms with Crippen LogP contribution in [-0.2, 0) is 9.47 Å². The Morgan fingerprint density at radius 3 is 2.31 bits per heavy atom. The van der Waals surface area contributed by atoms with E-state index in [1.807, 2.05) is 0 Å². The summed E-state index contributed by atoms with van der Waals surface area (Å²) < 4.78 is 13.0. The molecule has 1 spiro atoms. The van der Waals surface area contributed by atoms with Crippen molar-refractivity contribution in [3.05, 3.63) is 0 Å². The predicted molar refractivity (Wildman–Crippen MR) is 121 cm³/mol. The van der Waals surface area contributed by atoms with Crippen molar-refractivity contribution in [2.45, 2.75) is 109 Å². The third-order valence-corrected chi connectivity index (χ3v) is 11.9. The molecule has 2 unspecified atom stereocenters. The molecule has 14 atom stereocenters. The fourth-order valence-electron chi connectivity index (χ4n) is 10.4. The quantitative estimate of drug-likeness (QED) is 0.526. The van der Waals surface area contributed by atoms with E-state index in [1.54, 1.807) is 0 Å². The van der Waals surface area contributed by atoms with Gasteiger partial charge in [-0.25, -0.2) is 0 Å². The largest absolute Gasteiger partial charge is 0.393 e. The Bertz CT molecular complexity index is 758. The number of hydrogen-bond donors (Lipinski definition) is 3. The van der Waals surface area contributed by atoms with Crippen molar-refractivity contribution in [2.24, 2.45) is 52.3 Å². The maximum absolute atomic E-state index is 11.2. The average Bonchev–Trinajstić information content (AvgIpc) is 3.18. The van der Waals surface area contributed by atoms with Crippen molar-refractivity contribution in [2.75, 3.05) is 6.61 Å². The van der Waals surface area contributed by atoms with Crippen LogP contribution in [0.25, 0.3) is 0 Å². The van der Waals surface area contributed by atoms with E-state index in [4.69, 9.17) is 9.47 Å². The van der Waals surface area contributed by atoms with Crippen molar-refractivity contribution in [3.8, 4) is 0 Å². The summed E-state index contributed by atoms with van der Waals surface area (Å²) in [6, 6.07) is 0. The van der Waals surface area contributed by atoms with E-state index in [9.17, 15) is 15.3 Å². The maximum atomic E-state index is 11.2. The fourth-order valence-corrected chi connectivity index (χ4v) is 10.4. The maximum Gasteiger partial charge on any atom is 0.197 e. The molecule has 0 radical (unpaired) electrons. The molecule has 2 heterocycles. The van der Waals surface area contributed by atoms with Gasteiger partial charge in [-0.15, -0.1) is 0 Å². The molecule has 182 valence electrons. The van der Waals surface area contributed by atoms with Gasteiger partial charge in [0.05, 0.1) is 24.9 Å². The van der Waals surface area contributed by atoms with Crippen LogP contribution < -0.4 is 0 Å². The lowest BCUT2D eigenvalue weighted by atomic mass is 9.43. The van der Waals surface area contributed by atoms with Gasteiger partial charge in [0, 0.05) is 5.92 Å². The SMILES string of the molecule is CC1CO[C@@]2(O[C@@H]3C[C@H]4[C@@H]5C[C@H](O)[C@H]6C[C@@H](O)CC[C@]6(C)[C@H]5CC[C@]4(C)[C@H]3[C@@H]2C)C(O)C1. The Morgan fingerprint density at radius 1 is 0.812 bits per heavy atom. The topological polar surface area (TPSA) is 79.2 Å². The lowest BCUT2D eigenvalue weighted by molar-refractivity contribution is -0.316. The van der Waals surface area contributed by atoms with Gasteiger partial charge >= 0.3 is 0 Å². The van der Waals surface area contributed by atoms with Gasteiger partial charge in [0.15, 0.2) is 5.79 Å². The lowest BCUT2D eigenvalue weighted by Crippen LogP contribution is -2.59. The molecule has 6 fully saturated rings. The second kappa shape index (κ2) is 7.16. The monoisotopic (exact) mass is 448 g/mol. The van der Waals surface area contributed by atoms with Crippen LogP contribution in [0.5, 0.6) is 0 Å². The van der Waals surface area contributed by atoms with Gasteiger partial charge in [-0.3, -0.25) is 0 Å². The van der Waals surface area contributed by atoms with E-state index in [-0.39, 0.29) is 41.0 Å². The molecule has 0 amide bonds. The zero-order valence-corrected chi connectivity index (χ0v) is 20.4. The standard InChI is InChI=1S/C27H44O5/c1-14-9-23(30)27(31-13-14)15(2)24-22(32-27)12-19-17-11-21(29)20-10-16(28)5-7-25(20,3)18(17)6-8-26(19,24)4/h14-24,28-30H,5-13H2,1-4H3/t14?,15-,16-,17+,18-,19-,20+,21-,22+,23?,24-,25+,26-,27-/m0/s1. The van der Waals surface area contributed by atoms with E-state index < -0.39 is 11.9 Å². The highest BCUT2D eigenvalue weighted by molar-refractivity contribution is 5.17. The minimum Gasteiger partial charge on any atom is -0.393 e. The Morgan fingerprint density at radius 2 is 1.56 bits per heavy atom. The third-order valence-electron chi connectivity index (χ3n) is 11.9. The predicted octanol–water partition coefficient (Wildman–Crippen LogP) is 3.74. The zero-order chi connectivity index (χ0) is 22.6. The number of aliphatic hydroxyl groups is 3. The number of fused-ring (bicyclic) bond motifs is 7. The number of hydrogen-bond acceptors (Lipinski definition) is 5. The van der Waals surface area contributed by atoms with Crippen LogP contribution in [-0.4, -0.2) is 52.1 Å². The summed E-state index contributed by atoms with van der Waals surface area (Å²) in [5.41, 5.74) is 0.324. The Hall–Kier alpha value is -0.200. The summed E-state index contributed by atoms with van der Waals surface area (Å²) in [5.74, 6) is 2.12. The van der Waals surface area contributed by atoms with Gasteiger partial charge in [0.25, 0.3) is 0 Å². The highest BCUT2D eigenvalue weighted by Gasteiger charge is 2.71. The first-order chi connectivity index (χ1) is 15.1. The van der Waals surface area contributed by atoms with Crippen molar-refractivity contribution < 1.29 is 24.8 Å². The van der Waals surface area contributed by atoms with E-state index in [2.05, 4.69) is 27.7 Å². The molecule has 2 saturated heterocycles. The highest BCUT2D eigenvalue weighted by Crippen LogP contribution is 2.71. The molecule has 4 saturated carbocycles. The van der Waals surface area contributed by atoms with Gasteiger partial charge in [0.1, 0.15) is 6.10 Å². The molecular formula is C27H44O5. The molecule has 0 bridgehead atoms.